The van der Waals surface area contributed by atoms with Gasteiger partial charge in [-0.1, -0.05) is 30.3 Å². The van der Waals surface area contributed by atoms with Gasteiger partial charge in [0.15, 0.2) is 11.5 Å². The number of furan rings is 1. The molecular weight excluding hydrogens is 346 g/mol. The van der Waals surface area contributed by atoms with E-state index in [0.717, 1.165) is 5.56 Å². The first kappa shape index (κ1) is 18.9. The first-order valence-electron chi connectivity index (χ1n) is 8.97. The van der Waals surface area contributed by atoms with Crippen molar-refractivity contribution in [1.82, 2.24) is 4.90 Å². The molecule has 0 saturated heterocycles. The molecule has 1 aliphatic heterocycles. The summed E-state index contributed by atoms with van der Waals surface area (Å²) >= 11 is 0. The van der Waals surface area contributed by atoms with Gasteiger partial charge in [-0.2, -0.15) is 0 Å². The first-order valence-corrected chi connectivity index (χ1v) is 8.97. The second-order valence-corrected chi connectivity index (χ2v) is 6.43. The number of ketones is 1. The van der Waals surface area contributed by atoms with Crippen LogP contribution < -0.4 is 0 Å². The van der Waals surface area contributed by atoms with E-state index in [0.29, 0.717) is 31.8 Å². The molecule has 2 heterocycles. The van der Waals surface area contributed by atoms with Crippen LogP contribution in [0, 0.1) is 0 Å². The summed E-state index contributed by atoms with van der Waals surface area (Å²) in [6, 6.07) is 12.4. The quantitative estimate of drug-likeness (QED) is 0.687. The molecule has 6 heteroatoms. The van der Waals surface area contributed by atoms with Crippen molar-refractivity contribution in [1.29, 1.82) is 0 Å². The number of hydrogen-bond acceptors (Lipinski definition) is 5. The zero-order chi connectivity index (χ0) is 19.2. The van der Waals surface area contributed by atoms with Crippen LogP contribution in [0.3, 0.4) is 0 Å². The van der Waals surface area contributed by atoms with Gasteiger partial charge in [-0.25, -0.2) is 0 Å². The zero-order valence-corrected chi connectivity index (χ0v) is 15.3. The molecule has 1 aliphatic rings. The van der Waals surface area contributed by atoms with Crippen LogP contribution >= 0.6 is 0 Å². The highest BCUT2D eigenvalue weighted by molar-refractivity contribution is 6.08. The number of benzene rings is 1. The van der Waals surface area contributed by atoms with Crippen LogP contribution in [0.15, 0.2) is 64.5 Å². The van der Waals surface area contributed by atoms with Crippen LogP contribution in [0.1, 0.15) is 30.2 Å². The molecule has 1 N–H and O–H groups in total. The van der Waals surface area contributed by atoms with Gasteiger partial charge in [-0.3, -0.25) is 9.59 Å². The molecule has 2 aromatic rings. The molecule has 1 aromatic heterocycles. The molecule has 142 valence electrons. The van der Waals surface area contributed by atoms with E-state index in [4.69, 9.17) is 9.15 Å². The number of amides is 1. The minimum Gasteiger partial charge on any atom is -0.503 e. The summed E-state index contributed by atoms with van der Waals surface area (Å²) in [6.07, 6.45) is 2.84. The molecule has 0 radical (unpaired) electrons. The Kier molecular flexibility index (Phi) is 6.08. The van der Waals surface area contributed by atoms with E-state index in [9.17, 15) is 14.7 Å². The van der Waals surface area contributed by atoms with Crippen molar-refractivity contribution in [2.45, 2.75) is 25.3 Å². The molecule has 3 rings (SSSR count). The number of hydrogen-bond donors (Lipinski definition) is 1. The molecule has 0 spiro atoms. The smallest absolute Gasteiger partial charge is 0.290 e. The monoisotopic (exact) mass is 369 g/mol. The molecule has 27 heavy (non-hydrogen) atoms. The van der Waals surface area contributed by atoms with Crippen molar-refractivity contribution in [2.75, 3.05) is 20.3 Å². The van der Waals surface area contributed by atoms with E-state index in [1.54, 1.807) is 19.2 Å². The predicted molar refractivity (Wildman–Crippen MR) is 99.1 cm³/mol. The first-order chi connectivity index (χ1) is 13.1. The molecule has 0 bridgehead atoms. The lowest BCUT2D eigenvalue weighted by Crippen LogP contribution is -2.32. The van der Waals surface area contributed by atoms with Crippen molar-refractivity contribution >= 4 is 11.7 Å². The Hall–Kier alpha value is -2.86. The molecular formula is C21H23NO5. The second kappa shape index (κ2) is 8.68. The van der Waals surface area contributed by atoms with Gasteiger partial charge in [0.1, 0.15) is 11.8 Å². The summed E-state index contributed by atoms with van der Waals surface area (Å²) in [7, 11) is 1.59. The van der Waals surface area contributed by atoms with E-state index >= 15 is 0 Å². The minimum absolute atomic E-state index is 0.114. The molecule has 0 aliphatic carbocycles. The number of carbonyl (C=O) groups is 2. The lowest BCUT2D eigenvalue weighted by molar-refractivity contribution is -0.129. The Balaban J connectivity index is 1.81. The van der Waals surface area contributed by atoms with Crippen molar-refractivity contribution in [3.63, 3.8) is 0 Å². The van der Waals surface area contributed by atoms with E-state index in [2.05, 4.69) is 0 Å². The third kappa shape index (κ3) is 4.11. The third-order valence-corrected chi connectivity index (χ3v) is 4.65. The largest absolute Gasteiger partial charge is 0.503 e. The summed E-state index contributed by atoms with van der Waals surface area (Å²) in [6.45, 7) is 0.838. The van der Waals surface area contributed by atoms with Crippen LogP contribution in [-0.4, -0.2) is 42.0 Å². The van der Waals surface area contributed by atoms with Gasteiger partial charge < -0.3 is 19.2 Å². The molecule has 0 saturated carbocycles. The van der Waals surface area contributed by atoms with Gasteiger partial charge in [-0.15, -0.1) is 0 Å². The highest BCUT2D eigenvalue weighted by atomic mass is 16.5. The number of Topliss-reactive ketones (excluding diaryl/α,β-unsaturated/α-hetero) is 1. The fourth-order valence-electron chi connectivity index (χ4n) is 3.33. The number of aliphatic hydroxyl groups is 1. The molecule has 0 fully saturated rings. The Morgan fingerprint density at radius 2 is 2.00 bits per heavy atom. The zero-order valence-electron chi connectivity index (χ0n) is 15.3. The molecule has 1 unspecified atom stereocenters. The highest BCUT2D eigenvalue weighted by Crippen LogP contribution is 2.38. The maximum atomic E-state index is 12.9. The Morgan fingerprint density at radius 3 is 2.67 bits per heavy atom. The average Bonchev–Trinajstić information content (AvgIpc) is 3.29. The summed E-state index contributed by atoms with van der Waals surface area (Å²) in [4.78, 5) is 26.9. The van der Waals surface area contributed by atoms with Gasteiger partial charge in [0, 0.05) is 26.7 Å². The minimum atomic E-state index is -0.701. The van der Waals surface area contributed by atoms with E-state index in [-0.39, 0.29) is 17.8 Å². The maximum Gasteiger partial charge on any atom is 0.290 e. The summed E-state index contributed by atoms with van der Waals surface area (Å²) < 4.78 is 10.5. The topological polar surface area (TPSA) is 80.0 Å². The molecule has 1 atom stereocenters. The standard InChI is InChI=1S/C21H23NO5/c1-26-13-6-12-22-19(17-9-5-14-27-17)18(20(24)21(22)25)16(23)11-10-15-7-3-2-4-8-15/h2-5,7-9,14,19,24H,6,10-13H2,1H3. The summed E-state index contributed by atoms with van der Waals surface area (Å²) in [5.41, 5.74) is 1.14. The molecule has 1 amide bonds. The van der Waals surface area contributed by atoms with Crippen LogP contribution in [0.4, 0.5) is 0 Å². The van der Waals surface area contributed by atoms with Gasteiger partial charge in [-0.05, 0) is 30.5 Å². The van der Waals surface area contributed by atoms with Gasteiger partial charge in [0.05, 0.1) is 11.8 Å². The summed E-state index contributed by atoms with van der Waals surface area (Å²) in [5, 5.41) is 10.4. The van der Waals surface area contributed by atoms with Crippen LogP contribution in [0.25, 0.3) is 0 Å². The Morgan fingerprint density at radius 1 is 1.22 bits per heavy atom. The molecule has 1 aromatic carbocycles. The van der Waals surface area contributed by atoms with E-state index < -0.39 is 17.7 Å². The van der Waals surface area contributed by atoms with Crippen LogP contribution in [0.2, 0.25) is 0 Å². The van der Waals surface area contributed by atoms with Crippen molar-refractivity contribution < 1.29 is 23.8 Å². The normalized spacial score (nSPS) is 17.0. The van der Waals surface area contributed by atoms with Crippen molar-refractivity contribution in [2.24, 2.45) is 0 Å². The SMILES string of the molecule is COCCCN1C(=O)C(O)=C(C(=O)CCc2ccccc2)C1c1ccco1. The van der Waals surface area contributed by atoms with Crippen LogP contribution in [-0.2, 0) is 20.7 Å². The van der Waals surface area contributed by atoms with Gasteiger partial charge in [0.2, 0.25) is 0 Å². The average molecular weight is 369 g/mol. The number of aliphatic hydroxyl groups excluding tert-OH is 1. The number of carbonyl (C=O) groups excluding carboxylic acids is 2. The number of ether oxygens (including phenoxy) is 1. The lowest BCUT2D eigenvalue weighted by atomic mass is 9.96. The van der Waals surface area contributed by atoms with Crippen molar-refractivity contribution in [3.05, 3.63) is 71.4 Å². The highest BCUT2D eigenvalue weighted by Gasteiger charge is 2.44. The Bertz CT molecular complexity index is 810. The fraction of sp³-hybridized carbons (Fsp3) is 0.333. The molecule has 6 nitrogen and oxygen atoms in total. The van der Waals surface area contributed by atoms with Crippen LogP contribution in [0.5, 0.6) is 0 Å². The Labute approximate surface area is 158 Å². The second-order valence-electron chi connectivity index (χ2n) is 6.43. The maximum absolute atomic E-state index is 12.9. The van der Waals surface area contributed by atoms with Gasteiger partial charge in [0.25, 0.3) is 5.91 Å². The van der Waals surface area contributed by atoms with Crippen molar-refractivity contribution in [3.8, 4) is 0 Å². The predicted octanol–water partition coefficient (Wildman–Crippen LogP) is 3.21. The summed E-state index contributed by atoms with van der Waals surface area (Å²) in [5.74, 6) is -0.810. The third-order valence-electron chi connectivity index (χ3n) is 4.65. The number of rotatable bonds is 9. The number of aryl methyl sites for hydroxylation is 1. The number of nitrogens with zero attached hydrogens (tertiary/aromatic N) is 1. The lowest BCUT2D eigenvalue weighted by Gasteiger charge is -2.24. The van der Waals surface area contributed by atoms with E-state index in [1.807, 2.05) is 30.3 Å². The number of methoxy groups -OCH3 is 1. The van der Waals surface area contributed by atoms with Gasteiger partial charge >= 0.3 is 0 Å². The van der Waals surface area contributed by atoms with E-state index in [1.165, 1.54) is 11.2 Å². The fourth-order valence-corrected chi connectivity index (χ4v) is 3.33.